The zero-order valence-electron chi connectivity index (χ0n) is 22.4. The second-order valence-electron chi connectivity index (χ2n) is 11.7. The van der Waals surface area contributed by atoms with Crippen LogP contribution < -0.4 is 4.74 Å². The number of allylic oxidation sites excluding steroid dienone is 6. The minimum absolute atomic E-state index is 0.0208. The van der Waals surface area contributed by atoms with Gasteiger partial charge in [-0.2, -0.15) is 0 Å². The summed E-state index contributed by atoms with van der Waals surface area (Å²) in [6.45, 7) is 2.25. The molecule has 0 spiro atoms. The van der Waals surface area contributed by atoms with Crippen molar-refractivity contribution in [3.63, 3.8) is 0 Å². The van der Waals surface area contributed by atoms with Gasteiger partial charge in [0.2, 0.25) is 11.6 Å². The van der Waals surface area contributed by atoms with Crippen LogP contribution in [-0.2, 0) is 16.0 Å². The lowest BCUT2D eigenvalue weighted by molar-refractivity contribution is -0.136. The average Bonchev–Trinajstić information content (AvgIpc) is 3.36. The molecule has 0 amide bonds. The van der Waals surface area contributed by atoms with Crippen molar-refractivity contribution < 1.29 is 19.1 Å². The normalized spacial score (nSPS) is 25.7. The van der Waals surface area contributed by atoms with E-state index in [0.29, 0.717) is 35.1 Å². The Morgan fingerprint density at radius 3 is 2.35 bits per heavy atom. The van der Waals surface area contributed by atoms with E-state index in [9.17, 15) is 14.4 Å². The van der Waals surface area contributed by atoms with Gasteiger partial charge in [0, 0.05) is 17.4 Å². The van der Waals surface area contributed by atoms with Crippen LogP contribution in [0.1, 0.15) is 99.0 Å². The highest BCUT2D eigenvalue weighted by Gasteiger charge is 2.34. The minimum Gasteiger partial charge on any atom is -0.496 e. The van der Waals surface area contributed by atoms with Crippen molar-refractivity contribution in [2.24, 2.45) is 23.7 Å². The SMILES string of the molecule is COc1cc2c(cc1C(=O)C1CCC(CC3=CCC(C)C=C3)CC1)C(C(=O)C(=O)C1CCCCC1)=CC2. The maximum absolute atomic E-state index is 13.7. The second-order valence-corrected chi connectivity index (χ2v) is 11.7. The molecule has 0 heterocycles. The van der Waals surface area contributed by atoms with E-state index in [1.807, 2.05) is 18.2 Å². The third kappa shape index (κ3) is 5.58. The third-order valence-electron chi connectivity index (χ3n) is 9.08. The Bertz CT molecular complexity index is 1150. The second kappa shape index (κ2) is 11.3. The Labute approximate surface area is 221 Å². The Hall–Kier alpha value is -2.75. The van der Waals surface area contributed by atoms with Gasteiger partial charge in [0.15, 0.2) is 5.78 Å². The van der Waals surface area contributed by atoms with Crippen molar-refractivity contribution in [1.29, 1.82) is 0 Å². The molecular weight excluding hydrogens is 460 g/mol. The lowest BCUT2D eigenvalue weighted by Crippen LogP contribution is -2.26. The zero-order chi connectivity index (χ0) is 25.9. The number of benzene rings is 1. The molecule has 1 aromatic rings. The number of Topliss-reactive ketones (excluding diaryl/α,β-unsaturated/α-hetero) is 3. The predicted octanol–water partition coefficient (Wildman–Crippen LogP) is 7.25. The number of carbonyl (C=O) groups is 3. The summed E-state index contributed by atoms with van der Waals surface area (Å²) in [6, 6.07) is 3.74. The van der Waals surface area contributed by atoms with E-state index in [0.717, 1.165) is 81.8 Å². The van der Waals surface area contributed by atoms with E-state index in [1.54, 1.807) is 7.11 Å². The summed E-state index contributed by atoms with van der Waals surface area (Å²) in [4.78, 5) is 39.9. The molecule has 0 radical (unpaired) electrons. The van der Waals surface area contributed by atoms with Gasteiger partial charge >= 0.3 is 0 Å². The van der Waals surface area contributed by atoms with Crippen LogP contribution in [0.25, 0.3) is 5.57 Å². The van der Waals surface area contributed by atoms with Crippen molar-refractivity contribution in [2.75, 3.05) is 7.11 Å². The molecule has 0 saturated heterocycles. The summed E-state index contributed by atoms with van der Waals surface area (Å²) in [5, 5.41) is 0. The smallest absolute Gasteiger partial charge is 0.229 e. The molecule has 5 rings (SSSR count). The quantitative estimate of drug-likeness (QED) is 0.278. The molecule has 1 aromatic carbocycles. The summed E-state index contributed by atoms with van der Waals surface area (Å²) in [5.74, 6) is 1.16. The van der Waals surface area contributed by atoms with Gasteiger partial charge in [-0.3, -0.25) is 14.4 Å². The predicted molar refractivity (Wildman–Crippen MR) is 147 cm³/mol. The number of hydrogen-bond acceptors (Lipinski definition) is 4. The molecule has 2 saturated carbocycles. The molecule has 2 fully saturated rings. The summed E-state index contributed by atoms with van der Waals surface area (Å²) in [6.07, 6.45) is 20.4. The summed E-state index contributed by atoms with van der Waals surface area (Å²) in [5.41, 5.74) is 4.19. The Morgan fingerprint density at radius 2 is 1.68 bits per heavy atom. The van der Waals surface area contributed by atoms with Gasteiger partial charge in [0.25, 0.3) is 0 Å². The van der Waals surface area contributed by atoms with Gasteiger partial charge in [0.05, 0.1) is 12.7 Å². The maximum atomic E-state index is 13.7. The molecule has 0 aromatic heterocycles. The number of ether oxygens (including phenoxy) is 1. The first-order valence-electron chi connectivity index (χ1n) is 14.4. The molecule has 0 aliphatic heterocycles. The van der Waals surface area contributed by atoms with Gasteiger partial charge in [-0.15, -0.1) is 0 Å². The van der Waals surface area contributed by atoms with E-state index in [-0.39, 0.29) is 29.2 Å². The highest BCUT2D eigenvalue weighted by atomic mass is 16.5. The molecule has 0 N–H and O–H groups in total. The van der Waals surface area contributed by atoms with Crippen molar-refractivity contribution in [3.8, 4) is 5.75 Å². The van der Waals surface area contributed by atoms with E-state index >= 15 is 0 Å². The first-order chi connectivity index (χ1) is 17.9. The average molecular weight is 501 g/mol. The van der Waals surface area contributed by atoms with Gasteiger partial charge in [0.1, 0.15) is 5.75 Å². The number of fused-ring (bicyclic) bond motifs is 1. The van der Waals surface area contributed by atoms with Crippen LogP contribution in [0.15, 0.2) is 42.0 Å². The molecule has 37 heavy (non-hydrogen) atoms. The van der Waals surface area contributed by atoms with Gasteiger partial charge in [-0.05, 0) is 92.9 Å². The number of rotatable bonds is 8. The monoisotopic (exact) mass is 500 g/mol. The third-order valence-corrected chi connectivity index (χ3v) is 9.08. The molecule has 4 heteroatoms. The molecule has 0 bridgehead atoms. The first-order valence-corrected chi connectivity index (χ1v) is 14.4. The molecule has 4 nitrogen and oxygen atoms in total. The fourth-order valence-electron chi connectivity index (χ4n) is 6.73. The van der Waals surface area contributed by atoms with Gasteiger partial charge < -0.3 is 4.74 Å². The standard InChI is InChI=1S/C33H40O4/c1-21-8-10-22(11-9-21)18-23-12-14-25(15-13-23)31(34)29-20-28-26(19-30(29)37-2)16-17-27(28)33(36)32(35)24-6-4-3-5-7-24/h8,10-11,17,19-21,23-25H,3-7,9,12-16,18H2,1-2H3. The molecule has 196 valence electrons. The van der Waals surface area contributed by atoms with E-state index in [2.05, 4.69) is 25.2 Å². The molecule has 4 aliphatic carbocycles. The maximum Gasteiger partial charge on any atom is 0.229 e. The Morgan fingerprint density at radius 1 is 0.919 bits per heavy atom. The van der Waals surface area contributed by atoms with Gasteiger partial charge in [-0.1, -0.05) is 56.1 Å². The lowest BCUT2D eigenvalue weighted by atomic mass is 9.75. The molecular formula is C33H40O4. The number of ketones is 3. The van der Waals surface area contributed by atoms with Crippen LogP contribution in [0.3, 0.4) is 0 Å². The summed E-state index contributed by atoms with van der Waals surface area (Å²) < 4.78 is 5.64. The highest BCUT2D eigenvalue weighted by Crippen LogP contribution is 2.40. The van der Waals surface area contributed by atoms with Crippen LogP contribution in [-0.4, -0.2) is 24.5 Å². The van der Waals surface area contributed by atoms with Crippen molar-refractivity contribution in [3.05, 3.63) is 58.7 Å². The lowest BCUT2D eigenvalue weighted by Gasteiger charge is -2.29. The fourth-order valence-corrected chi connectivity index (χ4v) is 6.73. The topological polar surface area (TPSA) is 60.4 Å². The van der Waals surface area contributed by atoms with E-state index < -0.39 is 0 Å². The van der Waals surface area contributed by atoms with Crippen molar-refractivity contribution >= 4 is 22.9 Å². The van der Waals surface area contributed by atoms with Crippen LogP contribution in [0.4, 0.5) is 0 Å². The van der Waals surface area contributed by atoms with Crippen LogP contribution >= 0.6 is 0 Å². The Balaban J connectivity index is 1.27. The number of hydrogen-bond donors (Lipinski definition) is 0. The fraction of sp³-hybridized carbons (Fsp3) is 0.545. The van der Waals surface area contributed by atoms with Crippen LogP contribution in [0.5, 0.6) is 5.75 Å². The van der Waals surface area contributed by atoms with Gasteiger partial charge in [-0.25, -0.2) is 0 Å². The van der Waals surface area contributed by atoms with Crippen LogP contribution in [0.2, 0.25) is 0 Å². The Kier molecular flexibility index (Phi) is 7.92. The largest absolute Gasteiger partial charge is 0.496 e. The van der Waals surface area contributed by atoms with Crippen LogP contribution in [0, 0.1) is 23.7 Å². The minimum atomic E-state index is -0.379. The molecule has 4 aliphatic rings. The molecule has 1 unspecified atom stereocenters. The van der Waals surface area contributed by atoms with Crippen molar-refractivity contribution in [2.45, 2.75) is 84.0 Å². The first kappa shape index (κ1) is 25.9. The van der Waals surface area contributed by atoms with E-state index in [4.69, 9.17) is 4.74 Å². The molecule has 1 atom stereocenters. The van der Waals surface area contributed by atoms with Crippen molar-refractivity contribution in [1.82, 2.24) is 0 Å². The number of methoxy groups -OCH3 is 1. The number of carbonyl (C=O) groups excluding carboxylic acids is 3. The van der Waals surface area contributed by atoms with E-state index in [1.165, 1.54) is 5.57 Å². The highest BCUT2D eigenvalue weighted by molar-refractivity contribution is 6.54. The zero-order valence-corrected chi connectivity index (χ0v) is 22.4. The summed E-state index contributed by atoms with van der Waals surface area (Å²) in [7, 11) is 1.60. The summed E-state index contributed by atoms with van der Waals surface area (Å²) >= 11 is 0.